The van der Waals surface area contributed by atoms with Gasteiger partial charge in [-0.1, -0.05) is 0 Å². The number of hydrogen-bond acceptors (Lipinski definition) is 1. The molecule has 0 saturated carbocycles. The summed E-state index contributed by atoms with van der Waals surface area (Å²) >= 11 is 0.100. The van der Waals surface area contributed by atoms with Crippen LogP contribution in [0.5, 0.6) is 0 Å². The fourth-order valence-electron chi connectivity index (χ4n) is 0. The molecule has 0 amide bonds. The van der Waals surface area contributed by atoms with Crippen LogP contribution in [0, 0.1) is 0 Å². The molecule has 0 aromatic carbocycles. The van der Waals surface area contributed by atoms with Crippen molar-refractivity contribution >= 4 is 59.3 Å². The van der Waals surface area contributed by atoms with Crippen LogP contribution in [0.4, 0.5) is 0 Å². The summed E-state index contributed by atoms with van der Waals surface area (Å²) in [6.45, 7) is 0. The van der Waals surface area contributed by atoms with Crippen LogP contribution in [0.1, 0.15) is 0 Å². The van der Waals surface area contributed by atoms with E-state index in [-0.39, 0.29) is 59.3 Å². The minimum absolute atomic E-state index is 0. The van der Waals surface area contributed by atoms with Crippen molar-refractivity contribution in [2.24, 2.45) is 0 Å². The molecule has 0 spiro atoms. The Bertz CT molecular complexity index is 8.00. The molecule has 0 aliphatic heterocycles. The molecule has 0 N–H and O–H groups in total. The summed E-state index contributed by atoms with van der Waals surface area (Å²) in [7, 11) is 0. The molecule has 0 heterocycles. The average molecular weight is 285 g/mol. The molecule has 1 nitrogen and oxygen atoms in total. The van der Waals surface area contributed by atoms with Gasteiger partial charge in [-0.05, 0) is 11.0 Å². The van der Waals surface area contributed by atoms with Gasteiger partial charge in [0.2, 0.25) is 0 Å². The molecule has 0 aromatic rings. The molecular formula is H7InOSiSn. The summed E-state index contributed by atoms with van der Waals surface area (Å²) in [5.74, 6) is 0. The van der Waals surface area contributed by atoms with Crippen molar-refractivity contribution in [1.82, 2.24) is 0 Å². The van der Waals surface area contributed by atoms with Crippen molar-refractivity contribution in [2.45, 2.75) is 0 Å². The quantitative estimate of drug-likeness (QED) is 0.430. The van der Waals surface area contributed by atoms with Crippen LogP contribution in [-0.2, 0) is 3.08 Å². The van der Waals surface area contributed by atoms with Gasteiger partial charge in [-0.3, -0.25) is 0 Å². The van der Waals surface area contributed by atoms with Crippen molar-refractivity contribution in [3.8, 4) is 0 Å². The van der Waals surface area contributed by atoms with E-state index in [0.717, 1.165) is 0 Å². The molecule has 0 fully saturated rings. The van der Waals surface area contributed by atoms with Crippen molar-refractivity contribution in [1.29, 1.82) is 0 Å². The minimum atomic E-state index is 0. The van der Waals surface area contributed by atoms with E-state index in [1.54, 1.807) is 0 Å². The molecular weight excluding hydrogens is 278 g/mol. The Hall–Kier alpha value is 1.69. The van der Waals surface area contributed by atoms with Crippen LogP contribution in [0.2, 0.25) is 0 Å². The Labute approximate surface area is 61.8 Å². The molecule has 4 heavy (non-hydrogen) atoms. The van der Waals surface area contributed by atoms with Crippen molar-refractivity contribution in [3.05, 3.63) is 0 Å². The maximum atomic E-state index is 8.38. The predicted octanol–water partition coefficient (Wildman–Crippen LogP) is -3.14. The second kappa shape index (κ2) is 22.4. The topological polar surface area (TPSA) is 17.1 Å². The molecule has 2 radical (unpaired) electrons. The fraction of sp³-hybridized carbons (Fsp3) is 0. The van der Waals surface area contributed by atoms with E-state index in [9.17, 15) is 0 Å². The number of rotatable bonds is 0. The van der Waals surface area contributed by atoms with Gasteiger partial charge in [-0.2, -0.15) is 0 Å². The van der Waals surface area contributed by atoms with Gasteiger partial charge in [0.1, 0.15) is 0 Å². The first kappa shape index (κ1) is 17.3. The van der Waals surface area contributed by atoms with Crippen molar-refractivity contribution in [3.63, 3.8) is 0 Å². The van der Waals surface area contributed by atoms with Crippen LogP contribution >= 0.6 is 0 Å². The van der Waals surface area contributed by atoms with E-state index in [1.165, 1.54) is 0 Å². The molecule has 0 atom stereocenters. The van der Waals surface area contributed by atoms with E-state index < -0.39 is 0 Å². The monoisotopic (exact) mass is 286 g/mol. The summed E-state index contributed by atoms with van der Waals surface area (Å²) in [6, 6.07) is 0. The van der Waals surface area contributed by atoms with E-state index >= 15 is 0 Å². The minimum Gasteiger partial charge on any atom is -0.0125 e. The Morgan fingerprint density at radius 2 is 1.25 bits per heavy atom. The van der Waals surface area contributed by atoms with E-state index in [1.807, 2.05) is 0 Å². The zero-order valence-corrected chi connectivity index (χ0v) is 7.28. The predicted molar refractivity (Wildman–Crippen MR) is 27.7 cm³/mol. The summed E-state index contributed by atoms with van der Waals surface area (Å²) in [5, 5.41) is 0. The first-order valence-electron chi connectivity index (χ1n) is 0.236. The molecule has 0 unspecified atom stereocenters. The molecule has 0 rings (SSSR count). The van der Waals surface area contributed by atoms with Gasteiger partial charge in [0.25, 0.3) is 0 Å². The first-order valence-corrected chi connectivity index (χ1v) is 1.58. The third-order valence-electron chi connectivity index (χ3n) is 0. The average Bonchev–Trinajstić information content (AvgIpc) is 1.00. The first-order chi connectivity index (χ1) is 1.00. The third kappa shape index (κ3) is 9.36. The van der Waals surface area contributed by atoms with Crippen LogP contribution in [0.25, 0.3) is 0 Å². The molecule has 0 aromatic heterocycles. The van der Waals surface area contributed by atoms with Crippen LogP contribution < -0.4 is 0 Å². The van der Waals surface area contributed by atoms with E-state index in [0.29, 0.717) is 0 Å². The SMILES string of the molecule is [InH3].[O]=[SnH].[SiH3]. The Morgan fingerprint density at radius 1 is 1.25 bits per heavy atom. The van der Waals surface area contributed by atoms with Gasteiger partial charge in [-0.15, -0.1) is 0 Å². The third-order valence-corrected chi connectivity index (χ3v) is 0. The van der Waals surface area contributed by atoms with E-state index in [4.69, 9.17) is 3.08 Å². The summed E-state index contributed by atoms with van der Waals surface area (Å²) in [6.07, 6.45) is 0. The fourth-order valence-corrected chi connectivity index (χ4v) is 0. The van der Waals surface area contributed by atoms with Gasteiger partial charge in [0.05, 0.1) is 0 Å². The molecule has 0 aliphatic rings. The van der Waals surface area contributed by atoms with Gasteiger partial charge in [0, 0.05) is 0 Å². The Morgan fingerprint density at radius 3 is 1.25 bits per heavy atom. The zero-order chi connectivity index (χ0) is 2.00. The second-order valence-corrected chi connectivity index (χ2v) is 0. The Balaban J connectivity index is -0.00000000500. The van der Waals surface area contributed by atoms with E-state index in [2.05, 4.69) is 0 Å². The van der Waals surface area contributed by atoms with Crippen LogP contribution in [-0.4, -0.2) is 59.3 Å². The summed E-state index contributed by atoms with van der Waals surface area (Å²) in [5.41, 5.74) is 0. The molecule has 0 bridgehead atoms. The summed E-state index contributed by atoms with van der Waals surface area (Å²) < 4.78 is 8.38. The maximum Gasteiger partial charge on any atom is -0.0125 e. The smallest absolute Gasteiger partial charge is 0.0125 e. The van der Waals surface area contributed by atoms with Gasteiger partial charge < -0.3 is 0 Å². The van der Waals surface area contributed by atoms with Crippen molar-refractivity contribution in [2.75, 3.05) is 0 Å². The van der Waals surface area contributed by atoms with Gasteiger partial charge in [0.15, 0.2) is 0 Å². The molecule has 24 valence electrons. The molecule has 4 heteroatoms. The Kier molecular flexibility index (Phi) is 96.9. The number of hydrogen-bond donors (Lipinski definition) is 0. The van der Waals surface area contributed by atoms with Crippen LogP contribution in [0.3, 0.4) is 0 Å². The standard InChI is InChI=1S/In.O.H3Si.Sn.4H/h;;1H3;;;;;. The molecule has 0 aliphatic carbocycles. The van der Waals surface area contributed by atoms with Gasteiger partial charge >= 0.3 is 51.4 Å². The maximum absolute atomic E-state index is 8.38. The van der Waals surface area contributed by atoms with Crippen LogP contribution in [0.15, 0.2) is 0 Å². The summed E-state index contributed by atoms with van der Waals surface area (Å²) in [4.78, 5) is 0. The normalized spacial score (nSPS) is 1.00. The molecule has 0 saturated heterocycles. The van der Waals surface area contributed by atoms with Gasteiger partial charge in [-0.25, -0.2) is 0 Å². The zero-order valence-electron chi connectivity index (χ0n) is 1.99. The largest absolute Gasteiger partial charge is 0.0125 e. The second-order valence-electron chi connectivity index (χ2n) is 0. The van der Waals surface area contributed by atoms with Crippen molar-refractivity contribution < 1.29 is 3.08 Å².